The van der Waals surface area contributed by atoms with E-state index in [1.54, 1.807) is 6.07 Å². The molecule has 0 fully saturated rings. The van der Waals surface area contributed by atoms with E-state index in [2.05, 4.69) is 12.3 Å². The summed E-state index contributed by atoms with van der Waals surface area (Å²) in [4.78, 5) is 0. The number of rotatable bonds is 0. The molecule has 0 spiro atoms. The van der Waals surface area contributed by atoms with Crippen molar-refractivity contribution in [2.45, 2.75) is 0 Å². The predicted octanol–water partition coefficient (Wildman–Crippen LogP) is 1.01. The van der Waals surface area contributed by atoms with Gasteiger partial charge in [0.25, 0.3) is 0 Å². The zero-order valence-corrected chi connectivity index (χ0v) is 3.44. The minimum absolute atomic E-state index is 0. The van der Waals surface area contributed by atoms with Gasteiger partial charge in [0.05, 0.1) is 12.1 Å². The highest BCUT2D eigenvalue weighted by Crippen LogP contribution is 1.48. The first-order chi connectivity index (χ1) is 2.41. The van der Waals surface area contributed by atoms with Gasteiger partial charge in [-0.25, -0.2) is 0 Å². The Labute approximate surface area is 37.0 Å². The lowest BCUT2D eigenvalue weighted by molar-refractivity contribution is 1.54. The third-order valence-electron chi connectivity index (χ3n) is 0.167. The second-order valence-corrected chi connectivity index (χ2v) is 0.478. The van der Waals surface area contributed by atoms with Crippen molar-refractivity contribution in [3.8, 4) is 6.07 Å². The van der Waals surface area contributed by atoms with E-state index in [4.69, 9.17) is 5.26 Å². The molecular formula is C4H6N2. The molecule has 0 bridgehead atoms. The predicted molar refractivity (Wildman–Crippen MR) is 24.3 cm³/mol. The first-order valence-corrected chi connectivity index (χ1v) is 1.15. The summed E-state index contributed by atoms with van der Waals surface area (Å²) in [5.41, 5.74) is 2.28. The minimum atomic E-state index is 0. The largest absolute Gasteiger partial charge is 0.344 e. The number of hydrogen-bond donors (Lipinski definition) is 1. The van der Waals surface area contributed by atoms with Gasteiger partial charge in [-0.05, 0) is 0 Å². The number of hydrogen-bond acceptors (Lipinski definition) is 2. The highest BCUT2D eigenvalue weighted by molar-refractivity contribution is 4.98. The van der Waals surface area contributed by atoms with Crippen LogP contribution < -0.4 is 6.15 Å². The first-order valence-electron chi connectivity index (χ1n) is 1.15. The van der Waals surface area contributed by atoms with E-state index >= 15 is 0 Å². The van der Waals surface area contributed by atoms with Crippen LogP contribution in [0.1, 0.15) is 0 Å². The van der Waals surface area contributed by atoms with Gasteiger partial charge in [0.2, 0.25) is 0 Å². The van der Waals surface area contributed by atoms with Crippen LogP contribution in [0, 0.1) is 11.3 Å². The van der Waals surface area contributed by atoms with Crippen molar-refractivity contribution in [1.82, 2.24) is 6.15 Å². The quantitative estimate of drug-likeness (QED) is 0.350. The van der Waals surface area contributed by atoms with Gasteiger partial charge in [-0.15, -0.1) is 5.73 Å². The van der Waals surface area contributed by atoms with E-state index in [1.807, 2.05) is 0 Å². The van der Waals surface area contributed by atoms with Crippen LogP contribution in [0.15, 0.2) is 18.4 Å². The van der Waals surface area contributed by atoms with Crippen molar-refractivity contribution in [1.29, 1.82) is 5.26 Å². The smallest absolute Gasteiger partial charge is 0.0996 e. The van der Waals surface area contributed by atoms with Gasteiger partial charge >= 0.3 is 0 Å². The summed E-state index contributed by atoms with van der Waals surface area (Å²) in [6, 6.07) is 1.72. The van der Waals surface area contributed by atoms with Crippen molar-refractivity contribution in [3.63, 3.8) is 0 Å². The van der Waals surface area contributed by atoms with E-state index in [9.17, 15) is 0 Å². The van der Waals surface area contributed by atoms with E-state index in [-0.39, 0.29) is 6.15 Å². The fourth-order valence-electron chi connectivity index (χ4n) is 0.0456. The molecule has 3 N–H and O–H groups in total. The lowest BCUT2D eigenvalue weighted by Crippen LogP contribution is -1.28. The summed E-state index contributed by atoms with van der Waals surface area (Å²) in [7, 11) is 0. The Kier molecular flexibility index (Phi) is 13.4. The highest BCUT2D eigenvalue weighted by atomic mass is 14.2. The zero-order chi connectivity index (χ0) is 4.12. The molecule has 0 amide bonds. The van der Waals surface area contributed by atoms with Crippen molar-refractivity contribution in [2.24, 2.45) is 0 Å². The molecule has 0 unspecified atom stereocenters. The molecule has 0 aliphatic heterocycles. The lowest BCUT2D eigenvalue weighted by Gasteiger charge is -1.37. The average molecular weight is 82.1 g/mol. The summed E-state index contributed by atoms with van der Waals surface area (Å²) in [6.07, 6.45) is 1.19. The van der Waals surface area contributed by atoms with Crippen molar-refractivity contribution in [3.05, 3.63) is 18.4 Å². The summed E-state index contributed by atoms with van der Waals surface area (Å²) in [5.74, 6) is 0. The van der Waals surface area contributed by atoms with Crippen LogP contribution in [-0.4, -0.2) is 0 Å². The van der Waals surface area contributed by atoms with Crippen LogP contribution in [0.4, 0.5) is 0 Å². The SMILES string of the molecule is C=C=CC#N.N. The van der Waals surface area contributed by atoms with Gasteiger partial charge in [-0.1, -0.05) is 6.58 Å². The van der Waals surface area contributed by atoms with Crippen LogP contribution in [0.25, 0.3) is 0 Å². The second-order valence-electron chi connectivity index (χ2n) is 0.478. The van der Waals surface area contributed by atoms with Crippen molar-refractivity contribution >= 4 is 0 Å². The Morgan fingerprint density at radius 2 is 2.17 bits per heavy atom. The molecule has 0 rings (SSSR count). The Morgan fingerprint density at radius 1 is 1.67 bits per heavy atom. The third-order valence-corrected chi connectivity index (χ3v) is 0.167. The normalized spacial score (nSPS) is 3.17. The molecule has 0 aromatic carbocycles. The van der Waals surface area contributed by atoms with Crippen LogP contribution >= 0.6 is 0 Å². The van der Waals surface area contributed by atoms with Gasteiger partial charge < -0.3 is 6.15 Å². The summed E-state index contributed by atoms with van der Waals surface area (Å²) >= 11 is 0. The van der Waals surface area contributed by atoms with Crippen LogP contribution in [0.3, 0.4) is 0 Å². The minimum Gasteiger partial charge on any atom is -0.344 e. The average Bonchev–Trinajstić information content (AvgIpc) is 1.41. The number of allylic oxidation sites excluding steroid dienone is 1. The maximum atomic E-state index is 7.66. The molecule has 0 saturated heterocycles. The van der Waals surface area contributed by atoms with Gasteiger partial charge in [0.1, 0.15) is 0 Å². The lowest BCUT2D eigenvalue weighted by atomic mass is 10.7. The standard InChI is InChI=1S/C4H3N.H3N/c1-2-3-4-5;/h3H,1H2;1H3. The number of nitrogens with zero attached hydrogens (tertiary/aromatic N) is 1. The third kappa shape index (κ3) is 12.3. The van der Waals surface area contributed by atoms with Gasteiger partial charge in [-0.2, -0.15) is 5.26 Å². The topological polar surface area (TPSA) is 58.8 Å². The van der Waals surface area contributed by atoms with E-state index in [0.29, 0.717) is 0 Å². The second kappa shape index (κ2) is 9.02. The van der Waals surface area contributed by atoms with Gasteiger partial charge in [0, 0.05) is 0 Å². The van der Waals surface area contributed by atoms with E-state index in [1.165, 1.54) is 6.08 Å². The van der Waals surface area contributed by atoms with Crippen LogP contribution in [0.2, 0.25) is 0 Å². The molecule has 0 heterocycles. The molecule has 2 heteroatoms. The Hall–Kier alpha value is -1.03. The van der Waals surface area contributed by atoms with Gasteiger partial charge in [-0.3, -0.25) is 0 Å². The van der Waals surface area contributed by atoms with Crippen LogP contribution in [0.5, 0.6) is 0 Å². The monoisotopic (exact) mass is 82.1 g/mol. The fraction of sp³-hybridized carbons (Fsp3) is 0. The van der Waals surface area contributed by atoms with Crippen molar-refractivity contribution < 1.29 is 0 Å². The van der Waals surface area contributed by atoms with E-state index < -0.39 is 0 Å². The molecule has 0 atom stereocenters. The Balaban J connectivity index is 0. The molecule has 0 radical (unpaired) electrons. The summed E-state index contributed by atoms with van der Waals surface area (Å²) in [5, 5.41) is 7.66. The van der Waals surface area contributed by atoms with E-state index in [0.717, 1.165) is 0 Å². The zero-order valence-electron chi connectivity index (χ0n) is 3.44. The Morgan fingerprint density at radius 3 is 2.17 bits per heavy atom. The summed E-state index contributed by atoms with van der Waals surface area (Å²) in [6.45, 7) is 3.15. The maximum Gasteiger partial charge on any atom is 0.0996 e. The van der Waals surface area contributed by atoms with Crippen LogP contribution in [-0.2, 0) is 0 Å². The first kappa shape index (κ1) is 8.88. The summed E-state index contributed by atoms with van der Waals surface area (Å²) < 4.78 is 0. The molecule has 0 aliphatic rings. The molecule has 6 heavy (non-hydrogen) atoms. The molecule has 0 aromatic heterocycles. The van der Waals surface area contributed by atoms with Gasteiger partial charge in [0.15, 0.2) is 0 Å². The maximum absolute atomic E-state index is 7.66. The number of nitriles is 1. The highest BCUT2D eigenvalue weighted by Gasteiger charge is 1.40. The molecule has 0 aromatic rings. The molecular weight excluding hydrogens is 76.1 g/mol. The molecule has 2 nitrogen and oxygen atoms in total. The molecule has 0 saturated carbocycles. The van der Waals surface area contributed by atoms with Crippen molar-refractivity contribution in [2.75, 3.05) is 0 Å². The molecule has 0 aliphatic carbocycles. The molecule has 32 valence electrons. The Bertz CT molecular complexity index is 92.6. The fourth-order valence-corrected chi connectivity index (χ4v) is 0.0456.